The van der Waals surface area contributed by atoms with Gasteiger partial charge in [-0.15, -0.1) is 0 Å². The third-order valence-electron chi connectivity index (χ3n) is 2.39. The van der Waals surface area contributed by atoms with Crippen LogP contribution in [0.4, 0.5) is 5.95 Å². The van der Waals surface area contributed by atoms with Gasteiger partial charge in [-0.05, 0) is 6.92 Å². The van der Waals surface area contributed by atoms with Crippen molar-refractivity contribution in [3.05, 3.63) is 29.6 Å². The molecule has 0 saturated heterocycles. The van der Waals surface area contributed by atoms with E-state index < -0.39 is 0 Å². The van der Waals surface area contributed by atoms with Gasteiger partial charge >= 0.3 is 0 Å². The first kappa shape index (κ1) is 12.3. The van der Waals surface area contributed by atoms with Crippen LogP contribution in [-0.4, -0.2) is 22.1 Å². The van der Waals surface area contributed by atoms with Gasteiger partial charge in [0.25, 0.3) is 0 Å². The predicted molar refractivity (Wildman–Crippen MR) is 66.5 cm³/mol. The molecule has 2 aromatic rings. The fourth-order valence-electron chi connectivity index (χ4n) is 1.47. The van der Waals surface area contributed by atoms with Crippen LogP contribution >= 0.6 is 0 Å². The molecule has 1 N–H and O–H groups in total. The molecule has 2 aromatic heterocycles. The van der Waals surface area contributed by atoms with Gasteiger partial charge in [0.2, 0.25) is 17.7 Å². The van der Waals surface area contributed by atoms with Crippen LogP contribution in [0, 0.1) is 6.92 Å². The summed E-state index contributed by atoms with van der Waals surface area (Å²) >= 11 is 0. The summed E-state index contributed by atoms with van der Waals surface area (Å²) in [5.74, 6) is 2.53. The van der Waals surface area contributed by atoms with Crippen LogP contribution in [0.25, 0.3) is 0 Å². The number of aryl methyl sites for hydroxylation is 2. The molecule has 0 atom stereocenters. The Bertz CT molecular complexity index is 525. The van der Waals surface area contributed by atoms with Crippen molar-refractivity contribution in [2.24, 2.45) is 0 Å². The van der Waals surface area contributed by atoms with Crippen LogP contribution in [0.3, 0.4) is 0 Å². The zero-order valence-corrected chi connectivity index (χ0v) is 10.7. The van der Waals surface area contributed by atoms with Crippen LogP contribution in [0.5, 0.6) is 5.88 Å². The molecule has 0 aliphatic heterocycles. The van der Waals surface area contributed by atoms with E-state index >= 15 is 0 Å². The average molecular weight is 248 g/mol. The van der Waals surface area contributed by atoms with E-state index in [0.29, 0.717) is 24.3 Å². The number of nitrogens with zero attached hydrogens (tertiary/aromatic N) is 3. The van der Waals surface area contributed by atoms with E-state index in [-0.39, 0.29) is 0 Å². The Morgan fingerprint density at radius 1 is 1.39 bits per heavy atom. The molecule has 18 heavy (non-hydrogen) atoms. The van der Waals surface area contributed by atoms with Crippen molar-refractivity contribution in [2.75, 3.05) is 12.4 Å². The summed E-state index contributed by atoms with van der Waals surface area (Å²) in [5, 5.41) is 3.06. The van der Waals surface area contributed by atoms with Gasteiger partial charge in [-0.25, -0.2) is 9.97 Å². The van der Waals surface area contributed by atoms with E-state index in [1.807, 2.05) is 13.8 Å². The maximum atomic E-state index is 5.48. The molecule has 2 rings (SSSR count). The number of anilines is 1. The lowest BCUT2D eigenvalue weighted by Crippen LogP contribution is -2.05. The predicted octanol–water partition coefficient (Wildman–Crippen LogP) is 1.96. The first-order chi connectivity index (χ1) is 8.71. The minimum Gasteiger partial charge on any atom is -0.481 e. The summed E-state index contributed by atoms with van der Waals surface area (Å²) in [6, 6.07) is 1.77. The summed E-state index contributed by atoms with van der Waals surface area (Å²) in [4.78, 5) is 12.6. The summed E-state index contributed by atoms with van der Waals surface area (Å²) in [5.41, 5.74) is 0.839. The highest BCUT2D eigenvalue weighted by Crippen LogP contribution is 2.12. The van der Waals surface area contributed by atoms with Crippen LogP contribution < -0.4 is 10.1 Å². The highest BCUT2D eigenvalue weighted by atomic mass is 16.5. The van der Waals surface area contributed by atoms with Gasteiger partial charge in [0.1, 0.15) is 5.76 Å². The average Bonchev–Trinajstić information content (AvgIpc) is 2.83. The highest BCUT2D eigenvalue weighted by Gasteiger charge is 2.05. The van der Waals surface area contributed by atoms with Crippen LogP contribution in [0.1, 0.15) is 24.3 Å². The largest absolute Gasteiger partial charge is 0.481 e. The topological polar surface area (TPSA) is 73.1 Å². The minimum absolute atomic E-state index is 0.451. The number of ether oxygens (including phenoxy) is 1. The van der Waals surface area contributed by atoms with E-state index in [1.54, 1.807) is 19.4 Å². The van der Waals surface area contributed by atoms with Gasteiger partial charge < -0.3 is 14.5 Å². The summed E-state index contributed by atoms with van der Waals surface area (Å²) in [6.07, 6.45) is 2.57. The molecule has 96 valence electrons. The van der Waals surface area contributed by atoms with Gasteiger partial charge in [-0.3, -0.25) is 0 Å². The summed E-state index contributed by atoms with van der Waals surface area (Å²) in [6.45, 7) is 4.36. The molecule has 0 aliphatic rings. The van der Waals surface area contributed by atoms with Crippen LogP contribution in [0.15, 0.2) is 16.7 Å². The van der Waals surface area contributed by atoms with Gasteiger partial charge in [0.05, 0.1) is 19.9 Å². The molecular formula is C12H16N4O2. The van der Waals surface area contributed by atoms with Gasteiger partial charge in [-0.2, -0.15) is 4.98 Å². The number of rotatable bonds is 5. The number of oxazole rings is 1. The molecule has 0 aromatic carbocycles. The Morgan fingerprint density at radius 2 is 2.22 bits per heavy atom. The molecule has 6 nitrogen and oxygen atoms in total. The standard InChI is InChI=1S/C12H16N4O2/c1-4-9-6-13-11(18-9)7-14-12-15-8(2)5-10(16-12)17-3/h5-6H,4,7H2,1-3H3,(H,14,15,16). The number of hydrogen-bond donors (Lipinski definition) is 1. The zero-order chi connectivity index (χ0) is 13.0. The zero-order valence-electron chi connectivity index (χ0n) is 10.7. The van der Waals surface area contributed by atoms with Crippen molar-refractivity contribution >= 4 is 5.95 Å². The number of aromatic nitrogens is 3. The first-order valence-corrected chi connectivity index (χ1v) is 5.78. The van der Waals surface area contributed by atoms with E-state index in [2.05, 4.69) is 20.3 Å². The molecule has 2 heterocycles. The Morgan fingerprint density at radius 3 is 2.89 bits per heavy atom. The van der Waals surface area contributed by atoms with Crippen molar-refractivity contribution in [1.82, 2.24) is 15.0 Å². The molecular weight excluding hydrogens is 232 g/mol. The summed E-state index contributed by atoms with van der Waals surface area (Å²) < 4.78 is 10.6. The first-order valence-electron chi connectivity index (χ1n) is 5.78. The Kier molecular flexibility index (Phi) is 3.76. The third kappa shape index (κ3) is 2.97. The van der Waals surface area contributed by atoms with Crippen molar-refractivity contribution < 1.29 is 9.15 Å². The quantitative estimate of drug-likeness (QED) is 0.871. The van der Waals surface area contributed by atoms with E-state index in [4.69, 9.17) is 9.15 Å². The lowest BCUT2D eigenvalue weighted by Gasteiger charge is -2.05. The smallest absolute Gasteiger partial charge is 0.226 e. The molecule has 0 spiro atoms. The monoisotopic (exact) mass is 248 g/mol. The molecule has 0 unspecified atom stereocenters. The Hall–Kier alpha value is -2.11. The molecule has 0 saturated carbocycles. The molecule has 0 amide bonds. The van der Waals surface area contributed by atoms with Gasteiger partial charge in [0.15, 0.2) is 0 Å². The lowest BCUT2D eigenvalue weighted by atomic mass is 10.4. The maximum absolute atomic E-state index is 5.48. The minimum atomic E-state index is 0.451. The molecule has 0 radical (unpaired) electrons. The molecule has 0 aliphatic carbocycles. The second kappa shape index (κ2) is 5.48. The Labute approximate surface area is 105 Å². The maximum Gasteiger partial charge on any atom is 0.226 e. The van der Waals surface area contributed by atoms with E-state index in [1.165, 1.54) is 0 Å². The number of nitrogens with one attached hydrogen (secondary N) is 1. The fourth-order valence-corrected chi connectivity index (χ4v) is 1.47. The van der Waals surface area contributed by atoms with Crippen molar-refractivity contribution in [1.29, 1.82) is 0 Å². The normalized spacial score (nSPS) is 10.4. The van der Waals surface area contributed by atoms with Gasteiger partial charge in [0, 0.05) is 18.2 Å². The lowest BCUT2D eigenvalue weighted by molar-refractivity contribution is 0.396. The van der Waals surface area contributed by atoms with Gasteiger partial charge in [-0.1, -0.05) is 6.92 Å². The number of hydrogen-bond acceptors (Lipinski definition) is 6. The van der Waals surface area contributed by atoms with Crippen molar-refractivity contribution in [3.63, 3.8) is 0 Å². The Balaban J connectivity index is 2.03. The highest BCUT2D eigenvalue weighted by molar-refractivity contribution is 5.30. The van der Waals surface area contributed by atoms with Crippen LogP contribution in [-0.2, 0) is 13.0 Å². The third-order valence-corrected chi connectivity index (χ3v) is 2.39. The van der Waals surface area contributed by atoms with E-state index in [0.717, 1.165) is 17.9 Å². The molecule has 6 heteroatoms. The second-order valence-electron chi connectivity index (χ2n) is 3.80. The van der Waals surface area contributed by atoms with Crippen molar-refractivity contribution in [2.45, 2.75) is 26.8 Å². The fraction of sp³-hybridized carbons (Fsp3) is 0.417. The van der Waals surface area contributed by atoms with E-state index in [9.17, 15) is 0 Å². The second-order valence-corrected chi connectivity index (χ2v) is 3.80. The molecule has 0 bridgehead atoms. The summed E-state index contributed by atoms with van der Waals surface area (Å²) in [7, 11) is 1.58. The van der Waals surface area contributed by atoms with Crippen LogP contribution in [0.2, 0.25) is 0 Å². The van der Waals surface area contributed by atoms with Crippen molar-refractivity contribution in [3.8, 4) is 5.88 Å². The molecule has 0 fully saturated rings. The SMILES string of the molecule is CCc1cnc(CNc2nc(C)cc(OC)n2)o1. The number of methoxy groups -OCH3 is 1.